The highest BCUT2D eigenvalue weighted by Gasteiger charge is 2.23. The maximum absolute atomic E-state index is 12.8. The zero-order chi connectivity index (χ0) is 36.2. The Morgan fingerprint density at radius 2 is 1.40 bits per heavy atom. The van der Waals surface area contributed by atoms with Crippen LogP contribution in [0.1, 0.15) is 159 Å². The van der Waals surface area contributed by atoms with Gasteiger partial charge in [-0.1, -0.05) is 64.2 Å². The Labute approximate surface area is 301 Å². The lowest BCUT2D eigenvalue weighted by molar-refractivity contribution is -0.157. The minimum Gasteiger partial charge on any atom is -0.494 e. The highest BCUT2D eigenvalue weighted by Crippen LogP contribution is 2.38. The molecule has 2 aromatic carbocycles. The largest absolute Gasteiger partial charge is 0.494 e. The van der Waals surface area contributed by atoms with Gasteiger partial charge in [0.1, 0.15) is 17.1 Å². The van der Waals surface area contributed by atoms with Gasteiger partial charge in [0, 0.05) is 12.0 Å². The topological polar surface area (TPSA) is 88.1 Å². The van der Waals surface area contributed by atoms with Crippen LogP contribution in [0, 0.1) is 5.92 Å². The summed E-state index contributed by atoms with van der Waals surface area (Å²) in [5, 5.41) is 0. The van der Waals surface area contributed by atoms with Crippen molar-refractivity contribution >= 4 is 17.9 Å². The second kappa shape index (κ2) is 22.3. The van der Waals surface area contributed by atoms with Crippen LogP contribution in [0.15, 0.2) is 60.7 Å². The van der Waals surface area contributed by atoms with Crippen molar-refractivity contribution in [2.45, 2.75) is 148 Å². The molecule has 7 nitrogen and oxygen atoms in total. The van der Waals surface area contributed by atoms with Crippen LogP contribution in [-0.2, 0) is 19.1 Å². The summed E-state index contributed by atoms with van der Waals surface area (Å²) in [6, 6.07) is 15.2. The molecule has 2 aromatic rings. The molecule has 0 heterocycles. The van der Waals surface area contributed by atoms with Gasteiger partial charge < -0.3 is 18.9 Å². The standard InChI is InChI=1S/C43H62O7/c1-6-7-11-16-34-18-20-35(21-19-34)36-22-28-39(29-23-36)49-42(46)37-24-26-38(27-25-37)47-31-14-9-8-13-30-43(4,5)50-40(44)17-12-10-15-32-48-41(45)33(2)3/h22-29,34-35H,2,6-21,30-32H2,1,3-5H3. The third-order valence-corrected chi connectivity index (χ3v) is 9.65. The van der Waals surface area contributed by atoms with Crippen LogP contribution >= 0.6 is 0 Å². The summed E-state index contributed by atoms with van der Waals surface area (Å²) in [6.45, 7) is 12.3. The molecule has 0 aromatic heterocycles. The molecular formula is C43H62O7. The Balaban J connectivity index is 1.23. The van der Waals surface area contributed by atoms with Gasteiger partial charge in [0.05, 0.1) is 18.8 Å². The number of hydrogen-bond acceptors (Lipinski definition) is 7. The molecule has 0 spiro atoms. The lowest BCUT2D eigenvalue weighted by Gasteiger charge is -2.29. The Hall–Kier alpha value is -3.61. The van der Waals surface area contributed by atoms with E-state index in [1.54, 1.807) is 19.1 Å². The van der Waals surface area contributed by atoms with E-state index in [4.69, 9.17) is 18.9 Å². The van der Waals surface area contributed by atoms with Crippen molar-refractivity contribution in [1.29, 1.82) is 0 Å². The molecular weight excluding hydrogens is 628 g/mol. The molecule has 3 rings (SSSR count). The minimum absolute atomic E-state index is 0.184. The van der Waals surface area contributed by atoms with Gasteiger partial charge in [-0.15, -0.1) is 0 Å². The number of benzene rings is 2. The van der Waals surface area contributed by atoms with E-state index in [0.29, 0.717) is 55.3 Å². The summed E-state index contributed by atoms with van der Waals surface area (Å²) in [7, 11) is 0. The van der Waals surface area contributed by atoms with Gasteiger partial charge in [-0.2, -0.15) is 0 Å². The van der Waals surface area contributed by atoms with Crippen LogP contribution in [-0.4, -0.2) is 36.7 Å². The van der Waals surface area contributed by atoms with E-state index in [0.717, 1.165) is 50.2 Å². The summed E-state index contributed by atoms with van der Waals surface area (Å²) in [4.78, 5) is 36.4. The molecule has 1 aliphatic carbocycles. The molecule has 0 saturated heterocycles. The van der Waals surface area contributed by atoms with E-state index < -0.39 is 5.60 Å². The first-order chi connectivity index (χ1) is 24.1. The van der Waals surface area contributed by atoms with Crippen LogP contribution in [0.5, 0.6) is 11.5 Å². The molecule has 0 aliphatic heterocycles. The first-order valence-electron chi connectivity index (χ1n) is 19.2. The molecule has 0 bridgehead atoms. The van der Waals surface area contributed by atoms with Crippen molar-refractivity contribution in [3.63, 3.8) is 0 Å². The lowest BCUT2D eigenvalue weighted by atomic mass is 9.77. The monoisotopic (exact) mass is 690 g/mol. The predicted molar refractivity (Wildman–Crippen MR) is 200 cm³/mol. The summed E-state index contributed by atoms with van der Waals surface area (Å²) >= 11 is 0. The fourth-order valence-corrected chi connectivity index (χ4v) is 6.57. The molecule has 0 N–H and O–H groups in total. The summed E-state index contributed by atoms with van der Waals surface area (Å²) in [5.74, 6) is 1.88. The molecule has 0 unspecified atom stereocenters. The van der Waals surface area contributed by atoms with Crippen LogP contribution in [0.4, 0.5) is 0 Å². The average molecular weight is 691 g/mol. The van der Waals surface area contributed by atoms with Gasteiger partial charge >= 0.3 is 17.9 Å². The van der Waals surface area contributed by atoms with Gasteiger partial charge in [0.15, 0.2) is 0 Å². The van der Waals surface area contributed by atoms with E-state index in [-0.39, 0.29) is 17.9 Å². The van der Waals surface area contributed by atoms with E-state index >= 15 is 0 Å². The van der Waals surface area contributed by atoms with Gasteiger partial charge in [0.25, 0.3) is 0 Å². The molecule has 276 valence electrons. The second-order valence-corrected chi connectivity index (χ2v) is 14.7. The van der Waals surface area contributed by atoms with E-state index in [1.165, 1.54) is 56.9 Å². The smallest absolute Gasteiger partial charge is 0.343 e. The van der Waals surface area contributed by atoms with E-state index in [1.807, 2.05) is 38.1 Å². The Bertz CT molecular complexity index is 1300. The van der Waals surface area contributed by atoms with Crippen LogP contribution in [0.2, 0.25) is 0 Å². The van der Waals surface area contributed by atoms with Gasteiger partial charge in [-0.3, -0.25) is 4.79 Å². The molecule has 1 aliphatic rings. The molecule has 7 heteroatoms. The Morgan fingerprint density at radius 3 is 2.08 bits per heavy atom. The Morgan fingerprint density at radius 1 is 0.760 bits per heavy atom. The first kappa shape index (κ1) is 40.8. The molecule has 50 heavy (non-hydrogen) atoms. The number of hydrogen-bond donors (Lipinski definition) is 0. The van der Waals surface area contributed by atoms with Gasteiger partial charge in [-0.05, 0) is 139 Å². The predicted octanol–water partition coefficient (Wildman–Crippen LogP) is 11.1. The van der Waals surface area contributed by atoms with Crippen molar-refractivity contribution in [2.75, 3.05) is 13.2 Å². The van der Waals surface area contributed by atoms with E-state index in [9.17, 15) is 14.4 Å². The van der Waals surface area contributed by atoms with Crippen molar-refractivity contribution < 1.29 is 33.3 Å². The zero-order valence-corrected chi connectivity index (χ0v) is 31.3. The van der Waals surface area contributed by atoms with Gasteiger partial charge in [-0.25, -0.2) is 9.59 Å². The van der Waals surface area contributed by atoms with Crippen molar-refractivity contribution in [2.24, 2.45) is 5.92 Å². The van der Waals surface area contributed by atoms with E-state index in [2.05, 4.69) is 25.6 Å². The average Bonchev–Trinajstić information content (AvgIpc) is 3.10. The number of rotatable bonds is 23. The van der Waals surface area contributed by atoms with Crippen LogP contribution in [0.25, 0.3) is 0 Å². The second-order valence-electron chi connectivity index (χ2n) is 14.7. The SMILES string of the molecule is C=C(C)C(=O)OCCCCCC(=O)OC(C)(C)CCCCCCOc1ccc(C(=O)Oc2ccc(C3CCC(CCCCC)CC3)cc2)cc1. The molecule has 1 saturated carbocycles. The van der Waals surface area contributed by atoms with Crippen LogP contribution in [0.3, 0.4) is 0 Å². The Kier molecular flexibility index (Phi) is 18.2. The summed E-state index contributed by atoms with van der Waals surface area (Å²) in [5.41, 5.74) is 1.74. The van der Waals surface area contributed by atoms with Gasteiger partial charge in [0.2, 0.25) is 0 Å². The summed E-state index contributed by atoms with van der Waals surface area (Å²) < 4.78 is 22.3. The fourth-order valence-electron chi connectivity index (χ4n) is 6.57. The number of esters is 3. The van der Waals surface area contributed by atoms with Crippen LogP contribution < -0.4 is 9.47 Å². The number of carbonyl (C=O) groups is 3. The molecule has 1 fully saturated rings. The highest BCUT2D eigenvalue weighted by molar-refractivity contribution is 5.91. The molecule has 0 atom stereocenters. The number of unbranched alkanes of at least 4 members (excludes halogenated alkanes) is 7. The third-order valence-electron chi connectivity index (χ3n) is 9.65. The third kappa shape index (κ3) is 15.9. The zero-order valence-electron chi connectivity index (χ0n) is 31.3. The van der Waals surface area contributed by atoms with Crippen molar-refractivity contribution in [3.8, 4) is 11.5 Å². The fraction of sp³-hybridized carbons (Fsp3) is 0.605. The normalized spacial score (nSPS) is 16.0. The summed E-state index contributed by atoms with van der Waals surface area (Å²) in [6.07, 6.45) is 17.9. The first-order valence-corrected chi connectivity index (χ1v) is 19.2. The minimum atomic E-state index is -0.497. The number of ether oxygens (including phenoxy) is 4. The number of carbonyl (C=O) groups excluding carboxylic acids is 3. The molecule has 0 radical (unpaired) electrons. The quantitative estimate of drug-likeness (QED) is 0.0496. The lowest BCUT2D eigenvalue weighted by Crippen LogP contribution is -2.27. The maximum Gasteiger partial charge on any atom is 0.343 e. The highest BCUT2D eigenvalue weighted by atomic mass is 16.6. The molecule has 0 amide bonds. The van der Waals surface area contributed by atoms with Crippen molar-refractivity contribution in [1.82, 2.24) is 0 Å². The maximum atomic E-state index is 12.8. The van der Waals surface area contributed by atoms with Crippen molar-refractivity contribution in [3.05, 3.63) is 71.8 Å².